The third kappa shape index (κ3) is 4.99. The Morgan fingerprint density at radius 2 is 2.21 bits per heavy atom. The minimum atomic E-state index is -0.0113. The fraction of sp³-hybridized carbons (Fsp3) is 0.500. The lowest BCUT2D eigenvalue weighted by molar-refractivity contribution is -0.120. The summed E-state index contributed by atoms with van der Waals surface area (Å²) in [5, 5.41) is 3.57. The summed E-state index contributed by atoms with van der Waals surface area (Å²) >= 11 is 5.94. The summed E-state index contributed by atoms with van der Waals surface area (Å²) < 4.78 is 0. The number of nitrogens with two attached hydrogens (primary N) is 1. The molecule has 0 fully saturated rings. The molecule has 1 atom stereocenters. The van der Waals surface area contributed by atoms with E-state index >= 15 is 0 Å². The van der Waals surface area contributed by atoms with Crippen molar-refractivity contribution in [2.24, 2.45) is 0 Å². The number of hydrogen-bond acceptors (Lipinski definition) is 3. The summed E-state index contributed by atoms with van der Waals surface area (Å²) in [6, 6.07) is 5.44. The molecule has 106 valence electrons. The predicted octanol–water partition coefficient (Wildman–Crippen LogP) is 2.66. The molecule has 19 heavy (non-hydrogen) atoms. The lowest BCUT2D eigenvalue weighted by Crippen LogP contribution is -2.39. The van der Waals surface area contributed by atoms with Crippen LogP contribution in [0.4, 0.5) is 11.4 Å². The molecule has 1 aromatic rings. The van der Waals surface area contributed by atoms with Crippen molar-refractivity contribution in [2.45, 2.75) is 32.7 Å². The molecule has 4 nitrogen and oxygen atoms in total. The van der Waals surface area contributed by atoms with Crippen LogP contribution in [0, 0.1) is 0 Å². The van der Waals surface area contributed by atoms with E-state index in [0.717, 1.165) is 18.5 Å². The van der Waals surface area contributed by atoms with Crippen LogP contribution in [0.25, 0.3) is 0 Å². The Balaban J connectivity index is 2.61. The molecule has 0 saturated heterocycles. The maximum absolute atomic E-state index is 11.9. The van der Waals surface area contributed by atoms with Gasteiger partial charge in [0, 0.05) is 18.1 Å². The van der Waals surface area contributed by atoms with Crippen molar-refractivity contribution in [1.82, 2.24) is 5.32 Å². The average Bonchev–Trinajstić information content (AvgIpc) is 2.32. The smallest absolute Gasteiger partial charge is 0.239 e. The number of carbonyl (C=O) groups is 1. The molecule has 0 saturated carbocycles. The van der Waals surface area contributed by atoms with Gasteiger partial charge in [-0.15, -0.1) is 0 Å². The third-order valence-corrected chi connectivity index (χ3v) is 3.15. The van der Waals surface area contributed by atoms with E-state index in [2.05, 4.69) is 12.2 Å². The Kier molecular flexibility index (Phi) is 5.96. The van der Waals surface area contributed by atoms with Crippen LogP contribution >= 0.6 is 11.6 Å². The normalized spacial score (nSPS) is 12.0. The Hall–Kier alpha value is -1.42. The number of hydrogen-bond donors (Lipinski definition) is 2. The number of likely N-dealkylation sites (N-methyl/N-ethyl adjacent to an activating group) is 1. The highest BCUT2D eigenvalue weighted by Crippen LogP contribution is 2.25. The van der Waals surface area contributed by atoms with Crippen LogP contribution in [0.3, 0.4) is 0 Å². The highest BCUT2D eigenvalue weighted by molar-refractivity contribution is 6.31. The molecular weight excluding hydrogens is 262 g/mol. The number of rotatable bonds is 6. The van der Waals surface area contributed by atoms with Crippen LogP contribution < -0.4 is 16.0 Å². The molecular formula is C14H22ClN3O. The van der Waals surface area contributed by atoms with Gasteiger partial charge in [-0.1, -0.05) is 24.9 Å². The van der Waals surface area contributed by atoms with Gasteiger partial charge in [0.1, 0.15) is 0 Å². The quantitative estimate of drug-likeness (QED) is 0.789. The van der Waals surface area contributed by atoms with Crippen LogP contribution in [-0.2, 0) is 4.79 Å². The monoisotopic (exact) mass is 283 g/mol. The van der Waals surface area contributed by atoms with Gasteiger partial charge in [-0.05, 0) is 31.5 Å². The van der Waals surface area contributed by atoms with Gasteiger partial charge in [0.25, 0.3) is 0 Å². The maximum Gasteiger partial charge on any atom is 0.239 e. The number of halogens is 1. The Labute approximate surface area is 119 Å². The van der Waals surface area contributed by atoms with Crippen LogP contribution in [0.5, 0.6) is 0 Å². The number of nitrogens with zero attached hydrogens (tertiary/aromatic N) is 1. The van der Waals surface area contributed by atoms with E-state index in [1.807, 2.05) is 14.0 Å². The van der Waals surface area contributed by atoms with Crippen molar-refractivity contribution in [1.29, 1.82) is 0 Å². The minimum Gasteiger partial charge on any atom is -0.397 e. The Morgan fingerprint density at radius 3 is 2.84 bits per heavy atom. The second-order valence-corrected chi connectivity index (χ2v) is 5.25. The second-order valence-electron chi connectivity index (χ2n) is 4.82. The number of anilines is 2. The first-order valence-corrected chi connectivity index (χ1v) is 6.87. The predicted molar refractivity (Wildman–Crippen MR) is 81.6 cm³/mol. The van der Waals surface area contributed by atoms with E-state index < -0.39 is 0 Å². The summed E-state index contributed by atoms with van der Waals surface area (Å²) in [6.07, 6.45) is 2.04. The SMILES string of the molecule is CCCC(C)NC(=O)CN(C)c1cc(Cl)ccc1N. The molecule has 0 spiro atoms. The van der Waals surface area contributed by atoms with Crippen LogP contribution in [0.2, 0.25) is 5.02 Å². The number of carbonyl (C=O) groups excluding carboxylic acids is 1. The van der Waals surface area contributed by atoms with E-state index in [0.29, 0.717) is 10.7 Å². The molecule has 0 heterocycles. The second kappa shape index (κ2) is 7.24. The average molecular weight is 284 g/mol. The van der Waals surface area contributed by atoms with Crippen LogP contribution in [0.1, 0.15) is 26.7 Å². The molecule has 5 heteroatoms. The molecule has 0 aliphatic heterocycles. The molecule has 3 N–H and O–H groups in total. The zero-order valence-corrected chi connectivity index (χ0v) is 12.5. The van der Waals surface area contributed by atoms with Crippen LogP contribution in [-0.4, -0.2) is 25.5 Å². The molecule has 0 radical (unpaired) electrons. The molecule has 1 amide bonds. The van der Waals surface area contributed by atoms with E-state index in [1.54, 1.807) is 23.1 Å². The number of benzene rings is 1. The van der Waals surface area contributed by atoms with Crippen molar-refractivity contribution in [3.8, 4) is 0 Å². The van der Waals surface area contributed by atoms with E-state index in [4.69, 9.17) is 17.3 Å². The Bertz CT molecular complexity index is 437. The van der Waals surface area contributed by atoms with Gasteiger partial charge in [-0.3, -0.25) is 4.79 Å². The summed E-state index contributed by atoms with van der Waals surface area (Å²) in [6.45, 7) is 4.37. The lowest BCUT2D eigenvalue weighted by atomic mass is 10.2. The first kappa shape index (κ1) is 15.6. The van der Waals surface area contributed by atoms with Gasteiger partial charge in [0.15, 0.2) is 0 Å². The summed E-state index contributed by atoms with van der Waals surface area (Å²) in [5.74, 6) is -0.0113. The largest absolute Gasteiger partial charge is 0.397 e. The molecule has 1 rings (SSSR count). The summed E-state index contributed by atoms with van der Waals surface area (Å²) in [7, 11) is 1.83. The summed E-state index contributed by atoms with van der Waals surface area (Å²) in [4.78, 5) is 13.7. The van der Waals surface area contributed by atoms with Gasteiger partial charge in [-0.25, -0.2) is 0 Å². The number of nitrogen functional groups attached to an aromatic ring is 1. The van der Waals surface area contributed by atoms with Gasteiger partial charge in [-0.2, -0.15) is 0 Å². The first-order chi connectivity index (χ1) is 8.93. The molecule has 1 unspecified atom stereocenters. The lowest BCUT2D eigenvalue weighted by Gasteiger charge is -2.22. The van der Waals surface area contributed by atoms with Gasteiger partial charge < -0.3 is 16.0 Å². The summed E-state index contributed by atoms with van der Waals surface area (Å²) in [5.41, 5.74) is 7.26. The zero-order chi connectivity index (χ0) is 14.4. The van der Waals surface area contributed by atoms with Crippen LogP contribution in [0.15, 0.2) is 18.2 Å². The van der Waals surface area contributed by atoms with Crippen molar-refractivity contribution in [2.75, 3.05) is 24.2 Å². The fourth-order valence-corrected chi connectivity index (χ4v) is 2.14. The van der Waals surface area contributed by atoms with Gasteiger partial charge in [0.05, 0.1) is 17.9 Å². The Morgan fingerprint density at radius 1 is 1.53 bits per heavy atom. The first-order valence-electron chi connectivity index (χ1n) is 6.49. The molecule has 0 aliphatic carbocycles. The molecule has 0 aliphatic rings. The van der Waals surface area contributed by atoms with Crippen molar-refractivity contribution in [3.63, 3.8) is 0 Å². The topological polar surface area (TPSA) is 58.4 Å². The van der Waals surface area contributed by atoms with E-state index in [1.165, 1.54) is 0 Å². The molecule has 0 bridgehead atoms. The van der Waals surface area contributed by atoms with Gasteiger partial charge >= 0.3 is 0 Å². The number of amides is 1. The third-order valence-electron chi connectivity index (χ3n) is 2.91. The fourth-order valence-electron chi connectivity index (χ4n) is 1.97. The van der Waals surface area contributed by atoms with E-state index in [-0.39, 0.29) is 18.5 Å². The zero-order valence-electron chi connectivity index (χ0n) is 11.7. The van der Waals surface area contributed by atoms with Crippen molar-refractivity contribution in [3.05, 3.63) is 23.2 Å². The minimum absolute atomic E-state index is 0.0113. The van der Waals surface area contributed by atoms with Gasteiger partial charge in [0.2, 0.25) is 5.91 Å². The standard InChI is InChI=1S/C14H22ClN3O/c1-4-5-10(2)17-14(19)9-18(3)13-8-11(15)6-7-12(13)16/h6-8,10H,4-5,9,16H2,1-3H3,(H,17,19). The van der Waals surface area contributed by atoms with Crippen molar-refractivity contribution >= 4 is 28.9 Å². The highest BCUT2D eigenvalue weighted by Gasteiger charge is 2.12. The highest BCUT2D eigenvalue weighted by atomic mass is 35.5. The molecule has 0 aromatic heterocycles. The number of nitrogens with one attached hydrogen (secondary N) is 1. The van der Waals surface area contributed by atoms with E-state index in [9.17, 15) is 4.79 Å². The maximum atomic E-state index is 11.9. The van der Waals surface area contributed by atoms with Crippen molar-refractivity contribution < 1.29 is 4.79 Å². The molecule has 1 aromatic carbocycles.